The molecule has 2 rings (SSSR count). The molecule has 0 spiro atoms. The Balaban J connectivity index is 1.80. The molecule has 1 aliphatic rings. The van der Waals surface area contributed by atoms with Gasteiger partial charge in [-0.2, -0.15) is 0 Å². The molecule has 0 aliphatic heterocycles. The van der Waals surface area contributed by atoms with Crippen LogP contribution < -0.4 is 5.32 Å². The molecule has 0 saturated heterocycles. The summed E-state index contributed by atoms with van der Waals surface area (Å²) < 4.78 is 12.8. The molecular formula is C17H22FNO2. The van der Waals surface area contributed by atoms with Crippen molar-refractivity contribution in [3.63, 3.8) is 0 Å². The first-order valence-corrected chi connectivity index (χ1v) is 7.51. The minimum Gasteiger partial charge on any atom is -0.396 e. The van der Waals surface area contributed by atoms with E-state index in [-0.39, 0.29) is 30.3 Å². The van der Waals surface area contributed by atoms with E-state index in [9.17, 15) is 14.3 Å². The van der Waals surface area contributed by atoms with Crippen LogP contribution in [0.5, 0.6) is 0 Å². The van der Waals surface area contributed by atoms with E-state index in [1.54, 1.807) is 18.2 Å². The van der Waals surface area contributed by atoms with Gasteiger partial charge >= 0.3 is 0 Å². The van der Waals surface area contributed by atoms with Gasteiger partial charge in [-0.25, -0.2) is 4.39 Å². The van der Waals surface area contributed by atoms with Gasteiger partial charge in [0.2, 0.25) is 5.91 Å². The number of carbonyl (C=O) groups excluding carboxylic acids is 1. The first-order chi connectivity index (χ1) is 10.2. The smallest absolute Gasteiger partial charge is 0.224 e. The first-order valence-electron chi connectivity index (χ1n) is 7.51. The van der Waals surface area contributed by atoms with E-state index in [1.165, 1.54) is 12.1 Å². The lowest BCUT2D eigenvalue weighted by molar-refractivity contribution is -0.121. The second kappa shape index (κ2) is 7.93. The fourth-order valence-electron chi connectivity index (χ4n) is 2.76. The van der Waals surface area contributed by atoms with E-state index < -0.39 is 0 Å². The molecule has 0 bridgehead atoms. The summed E-state index contributed by atoms with van der Waals surface area (Å²) in [7, 11) is 0. The van der Waals surface area contributed by atoms with Gasteiger partial charge in [0.25, 0.3) is 0 Å². The maximum Gasteiger partial charge on any atom is 0.224 e. The van der Waals surface area contributed by atoms with Gasteiger partial charge in [-0.1, -0.05) is 37.1 Å². The lowest BCUT2D eigenvalue weighted by atomic mass is 9.85. The number of hydrogen-bond acceptors (Lipinski definition) is 2. The van der Waals surface area contributed by atoms with Crippen molar-refractivity contribution in [3.05, 3.63) is 41.7 Å². The van der Waals surface area contributed by atoms with E-state index in [0.29, 0.717) is 6.42 Å². The molecular weight excluding hydrogens is 269 g/mol. The van der Waals surface area contributed by atoms with Crippen LogP contribution >= 0.6 is 0 Å². The van der Waals surface area contributed by atoms with E-state index in [1.807, 2.05) is 6.08 Å². The average molecular weight is 291 g/mol. The zero-order valence-electron chi connectivity index (χ0n) is 12.1. The van der Waals surface area contributed by atoms with Crippen LogP contribution in [0.25, 0.3) is 6.08 Å². The lowest BCUT2D eigenvalue weighted by Gasteiger charge is -2.30. The molecule has 1 saturated carbocycles. The molecule has 1 fully saturated rings. The molecule has 1 aliphatic carbocycles. The highest BCUT2D eigenvalue weighted by Gasteiger charge is 2.25. The molecule has 1 aromatic carbocycles. The molecule has 2 N–H and O–H groups in total. The van der Waals surface area contributed by atoms with Crippen LogP contribution in [0.1, 0.15) is 37.7 Å². The third-order valence-corrected chi connectivity index (χ3v) is 3.97. The lowest BCUT2D eigenvalue weighted by Crippen LogP contribution is -2.43. The molecule has 4 heteroatoms. The largest absolute Gasteiger partial charge is 0.396 e. The van der Waals surface area contributed by atoms with E-state index >= 15 is 0 Å². The summed E-state index contributed by atoms with van der Waals surface area (Å²) in [5, 5.41) is 12.3. The molecule has 2 unspecified atom stereocenters. The Bertz CT molecular complexity index is 484. The summed E-state index contributed by atoms with van der Waals surface area (Å²) in [4.78, 5) is 11.9. The van der Waals surface area contributed by atoms with Crippen LogP contribution in [0.15, 0.2) is 30.3 Å². The predicted octanol–water partition coefficient (Wildman–Crippen LogP) is 2.90. The van der Waals surface area contributed by atoms with Crippen molar-refractivity contribution in [2.24, 2.45) is 5.92 Å². The first kappa shape index (κ1) is 15.7. The van der Waals surface area contributed by atoms with E-state index in [4.69, 9.17) is 0 Å². The maximum atomic E-state index is 12.8. The Morgan fingerprint density at radius 3 is 2.71 bits per heavy atom. The Kier molecular flexibility index (Phi) is 5.93. The van der Waals surface area contributed by atoms with Crippen LogP contribution in [0.4, 0.5) is 4.39 Å². The van der Waals surface area contributed by atoms with Gasteiger partial charge in [-0.15, -0.1) is 0 Å². The molecule has 0 aromatic heterocycles. The van der Waals surface area contributed by atoms with Crippen molar-refractivity contribution in [2.45, 2.75) is 38.1 Å². The maximum absolute atomic E-state index is 12.8. The Morgan fingerprint density at radius 1 is 1.29 bits per heavy atom. The summed E-state index contributed by atoms with van der Waals surface area (Å²) in [5.41, 5.74) is 0.870. The number of hydrogen-bond donors (Lipinski definition) is 2. The van der Waals surface area contributed by atoms with Crippen LogP contribution in [0.3, 0.4) is 0 Å². The number of rotatable bonds is 5. The third kappa shape index (κ3) is 4.97. The number of benzene rings is 1. The van der Waals surface area contributed by atoms with Gasteiger partial charge in [0.15, 0.2) is 0 Å². The SMILES string of the molecule is O=C(C/C=C/c1ccc(F)cc1)NC1CCCCC1CO. The highest BCUT2D eigenvalue weighted by molar-refractivity contribution is 5.78. The number of carbonyl (C=O) groups is 1. The number of nitrogens with one attached hydrogen (secondary N) is 1. The van der Waals surface area contributed by atoms with E-state index in [0.717, 1.165) is 31.2 Å². The van der Waals surface area contributed by atoms with Gasteiger partial charge in [0, 0.05) is 25.0 Å². The number of amides is 1. The summed E-state index contributed by atoms with van der Waals surface area (Å²) >= 11 is 0. The molecule has 0 heterocycles. The fourth-order valence-corrected chi connectivity index (χ4v) is 2.76. The monoisotopic (exact) mass is 291 g/mol. The number of aliphatic hydroxyl groups excluding tert-OH is 1. The summed E-state index contributed by atoms with van der Waals surface area (Å²) in [6, 6.07) is 6.23. The van der Waals surface area contributed by atoms with Crippen molar-refractivity contribution in [2.75, 3.05) is 6.61 Å². The summed E-state index contributed by atoms with van der Waals surface area (Å²) in [6.45, 7) is 0.135. The highest BCUT2D eigenvalue weighted by atomic mass is 19.1. The molecule has 21 heavy (non-hydrogen) atoms. The van der Waals surface area contributed by atoms with Crippen LogP contribution in [-0.2, 0) is 4.79 Å². The van der Waals surface area contributed by atoms with Crippen molar-refractivity contribution in [1.82, 2.24) is 5.32 Å². The number of aliphatic hydroxyl groups is 1. The Morgan fingerprint density at radius 2 is 2.00 bits per heavy atom. The Hall–Kier alpha value is -1.68. The van der Waals surface area contributed by atoms with Crippen molar-refractivity contribution >= 4 is 12.0 Å². The minimum absolute atomic E-state index is 0.0290. The average Bonchev–Trinajstić information content (AvgIpc) is 2.50. The zero-order valence-corrected chi connectivity index (χ0v) is 12.1. The van der Waals surface area contributed by atoms with Crippen molar-refractivity contribution in [1.29, 1.82) is 0 Å². The fraction of sp³-hybridized carbons (Fsp3) is 0.471. The zero-order chi connectivity index (χ0) is 15.1. The Labute approximate surface area is 124 Å². The van der Waals surface area contributed by atoms with Crippen LogP contribution in [-0.4, -0.2) is 23.7 Å². The highest BCUT2D eigenvalue weighted by Crippen LogP contribution is 2.23. The van der Waals surface area contributed by atoms with Crippen molar-refractivity contribution < 1.29 is 14.3 Å². The summed E-state index contributed by atoms with van der Waals surface area (Å²) in [5.74, 6) is -0.111. The molecule has 2 atom stereocenters. The topological polar surface area (TPSA) is 49.3 Å². The van der Waals surface area contributed by atoms with Crippen LogP contribution in [0.2, 0.25) is 0 Å². The quantitative estimate of drug-likeness (QED) is 0.876. The molecule has 114 valence electrons. The predicted molar refractivity (Wildman–Crippen MR) is 81.0 cm³/mol. The molecule has 1 amide bonds. The number of halogens is 1. The van der Waals surface area contributed by atoms with Gasteiger partial charge in [0.1, 0.15) is 5.82 Å². The third-order valence-electron chi connectivity index (χ3n) is 3.97. The standard InChI is InChI=1S/C17H22FNO2/c18-15-10-8-13(9-11-15)4-3-7-17(21)19-16-6-2-1-5-14(16)12-20/h3-4,8-11,14,16,20H,1-2,5-7,12H2,(H,19,21)/b4-3+. The van der Waals surface area contributed by atoms with E-state index in [2.05, 4.69) is 5.32 Å². The second-order valence-corrected chi connectivity index (χ2v) is 5.56. The minimum atomic E-state index is -0.266. The van der Waals surface area contributed by atoms with Gasteiger partial charge in [0.05, 0.1) is 0 Å². The second-order valence-electron chi connectivity index (χ2n) is 5.56. The van der Waals surface area contributed by atoms with Crippen LogP contribution in [0, 0.1) is 11.7 Å². The van der Waals surface area contributed by atoms with Gasteiger partial charge < -0.3 is 10.4 Å². The van der Waals surface area contributed by atoms with Gasteiger partial charge in [-0.3, -0.25) is 4.79 Å². The van der Waals surface area contributed by atoms with Crippen molar-refractivity contribution in [3.8, 4) is 0 Å². The molecule has 0 radical (unpaired) electrons. The molecule has 3 nitrogen and oxygen atoms in total. The normalized spacial score (nSPS) is 22.4. The summed E-state index contributed by atoms with van der Waals surface area (Å²) in [6.07, 6.45) is 8.04. The van der Waals surface area contributed by atoms with Gasteiger partial charge in [-0.05, 0) is 30.5 Å². The molecule has 1 aromatic rings.